The molecule has 0 aliphatic carbocycles. The van der Waals surface area contributed by atoms with Gasteiger partial charge in [-0.15, -0.1) is 11.3 Å². The van der Waals surface area contributed by atoms with Gasteiger partial charge in [-0.05, 0) is 43.5 Å². The monoisotopic (exact) mass is 399 g/mol. The zero-order valence-electron chi connectivity index (χ0n) is 16.2. The Bertz CT molecular complexity index is 1020. The summed E-state index contributed by atoms with van der Waals surface area (Å²) in [7, 11) is 3.71. The van der Waals surface area contributed by atoms with Crippen molar-refractivity contribution in [2.45, 2.75) is 19.4 Å². The number of pyridine rings is 2. The SMILES string of the molecule is CNCc1cc2c(=O)n(C)cc(-c3ccnc(OCC4CCOCC4)c3)c2s1. The van der Waals surface area contributed by atoms with Gasteiger partial charge in [-0.2, -0.15) is 0 Å². The molecule has 0 atom stereocenters. The van der Waals surface area contributed by atoms with E-state index < -0.39 is 0 Å². The van der Waals surface area contributed by atoms with Crippen molar-refractivity contribution in [3.8, 4) is 17.0 Å². The molecule has 6 nitrogen and oxygen atoms in total. The topological polar surface area (TPSA) is 65.4 Å². The van der Waals surface area contributed by atoms with Crippen LogP contribution >= 0.6 is 11.3 Å². The fourth-order valence-corrected chi connectivity index (χ4v) is 4.73. The van der Waals surface area contributed by atoms with Gasteiger partial charge in [-0.25, -0.2) is 4.98 Å². The quantitative estimate of drug-likeness (QED) is 0.690. The van der Waals surface area contributed by atoms with E-state index in [9.17, 15) is 4.79 Å². The molecule has 28 heavy (non-hydrogen) atoms. The Labute approximate surface area is 168 Å². The number of aromatic nitrogens is 2. The van der Waals surface area contributed by atoms with Crippen LogP contribution in [0.3, 0.4) is 0 Å². The van der Waals surface area contributed by atoms with Crippen molar-refractivity contribution in [1.82, 2.24) is 14.9 Å². The van der Waals surface area contributed by atoms with Gasteiger partial charge in [-0.1, -0.05) is 0 Å². The minimum absolute atomic E-state index is 0.0300. The Morgan fingerprint density at radius 3 is 2.96 bits per heavy atom. The van der Waals surface area contributed by atoms with Crippen molar-refractivity contribution in [2.24, 2.45) is 13.0 Å². The van der Waals surface area contributed by atoms with Crippen LogP contribution in [0.1, 0.15) is 17.7 Å². The molecule has 1 saturated heterocycles. The molecule has 0 spiro atoms. The van der Waals surface area contributed by atoms with Gasteiger partial charge in [0.1, 0.15) is 0 Å². The highest BCUT2D eigenvalue weighted by Gasteiger charge is 2.16. The van der Waals surface area contributed by atoms with Crippen LogP contribution in [0.25, 0.3) is 21.2 Å². The fraction of sp³-hybridized carbons (Fsp3) is 0.429. The number of nitrogens with one attached hydrogen (secondary N) is 1. The Morgan fingerprint density at radius 1 is 1.36 bits per heavy atom. The molecule has 4 rings (SSSR count). The van der Waals surface area contributed by atoms with E-state index in [1.807, 2.05) is 31.4 Å². The van der Waals surface area contributed by atoms with E-state index >= 15 is 0 Å². The molecule has 148 valence electrons. The Kier molecular flexibility index (Phi) is 5.75. The lowest BCUT2D eigenvalue weighted by Crippen LogP contribution is -2.21. The molecular formula is C21H25N3O3S. The second kappa shape index (κ2) is 8.43. The number of hydrogen-bond acceptors (Lipinski definition) is 6. The van der Waals surface area contributed by atoms with Crippen molar-refractivity contribution in [2.75, 3.05) is 26.9 Å². The smallest absolute Gasteiger partial charge is 0.259 e. The van der Waals surface area contributed by atoms with Crippen LogP contribution in [0, 0.1) is 5.92 Å². The summed E-state index contributed by atoms with van der Waals surface area (Å²) < 4.78 is 14.0. The molecule has 0 radical (unpaired) electrons. The summed E-state index contributed by atoms with van der Waals surface area (Å²) in [6, 6.07) is 5.93. The lowest BCUT2D eigenvalue weighted by Gasteiger charge is -2.21. The number of nitrogens with zero attached hydrogens (tertiary/aromatic N) is 2. The third-order valence-electron chi connectivity index (χ3n) is 5.11. The molecule has 1 aliphatic heterocycles. The highest BCUT2D eigenvalue weighted by Crippen LogP contribution is 2.34. The van der Waals surface area contributed by atoms with Crippen LogP contribution in [-0.4, -0.2) is 36.4 Å². The molecule has 1 fully saturated rings. The molecule has 1 N–H and O–H groups in total. The lowest BCUT2D eigenvalue weighted by molar-refractivity contribution is 0.0490. The first kappa shape index (κ1) is 19.1. The normalized spacial score (nSPS) is 15.2. The maximum Gasteiger partial charge on any atom is 0.259 e. The van der Waals surface area contributed by atoms with Crippen LogP contribution in [0.5, 0.6) is 5.88 Å². The molecule has 0 saturated carbocycles. The summed E-state index contributed by atoms with van der Waals surface area (Å²) in [6.07, 6.45) is 5.74. The van der Waals surface area contributed by atoms with E-state index in [0.717, 1.165) is 58.7 Å². The second-order valence-corrected chi connectivity index (χ2v) is 8.33. The van der Waals surface area contributed by atoms with Gasteiger partial charge in [-0.3, -0.25) is 4.79 Å². The highest BCUT2D eigenvalue weighted by molar-refractivity contribution is 7.19. The van der Waals surface area contributed by atoms with Crippen LogP contribution < -0.4 is 15.6 Å². The minimum atomic E-state index is 0.0300. The van der Waals surface area contributed by atoms with E-state index in [4.69, 9.17) is 9.47 Å². The first-order valence-electron chi connectivity index (χ1n) is 9.59. The zero-order chi connectivity index (χ0) is 19.5. The molecular weight excluding hydrogens is 374 g/mol. The van der Waals surface area contributed by atoms with Crippen molar-refractivity contribution < 1.29 is 9.47 Å². The first-order chi connectivity index (χ1) is 13.7. The largest absolute Gasteiger partial charge is 0.477 e. The van der Waals surface area contributed by atoms with Crippen LogP contribution in [0.15, 0.2) is 35.4 Å². The summed E-state index contributed by atoms with van der Waals surface area (Å²) in [4.78, 5) is 18.1. The molecule has 0 unspecified atom stereocenters. The third kappa shape index (κ3) is 3.97. The van der Waals surface area contributed by atoms with E-state index in [-0.39, 0.29) is 5.56 Å². The predicted octanol–water partition coefficient (Wildman–Crippen LogP) is 3.19. The van der Waals surface area contributed by atoms with Crippen molar-refractivity contribution in [3.63, 3.8) is 0 Å². The van der Waals surface area contributed by atoms with Crippen molar-refractivity contribution in [3.05, 3.63) is 45.8 Å². The Balaban J connectivity index is 1.65. The molecule has 0 bridgehead atoms. The summed E-state index contributed by atoms with van der Waals surface area (Å²) in [6.45, 7) is 3.03. The van der Waals surface area contributed by atoms with Gasteiger partial charge in [0.2, 0.25) is 5.88 Å². The molecule has 1 aliphatic rings. The number of rotatable bonds is 6. The summed E-state index contributed by atoms with van der Waals surface area (Å²) in [5.74, 6) is 1.14. The highest BCUT2D eigenvalue weighted by atomic mass is 32.1. The molecule has 0 aromatic carbocycles. The number of fused-ring (bicyclic) bond motifs is 1. The Hall–Kier alpha value is -2.22. The van der Waals surface area contributed by atoms with Gasteiger partial charge in [0.25, 0.3) is 5.56 Å². The van der Waals surface area contributed by atoms with E-state index in [2.05, 4.69) is 10.3 Å². The average molecular weight is 400 g/mol. The predicted molar refractivity (Wildman–Crippen MR) is 112 cm³/mol. The second-order valence-electron chi connectivity index (χ2n) is 7.19. The summed E-state index contributed by atoms with van der Waals surface area (Å²) in [5.41, 5.74) is 2.07. The standard InChI is InChI=1S/C21H25N3O3S/c1-22-11-16-10-17-20(28-16)18(12-24(2)21(17)25)15-3-6-23-19(9-15)27-13-14-4-7-26-8-5-14/h3,6,9-10,12,14,22H,4-5,7-8,11,13H2,1-2H3. The lowest BCUT2D eigenvalue weighted by atomic mass is 10.0. The number of thiophene rings is 1. The maximum atomic E-state index is 12.6. The molecule has 7 heteroatoms. The number of ether oxygens (including phenoxy) is 2. The minimum Gasteiger partial charge on any atom is -0.477 e. The van der Waals surface area contributed by atoms with Gasteiger partial charge in [0.05, 0.1) is 12.0 Å². The molecule has 3 aromatic heterocycles. The summed E-state index contributed by atoms with van der Waals surface area (Å²) in [5, 5.41) is 3.92. The van der Waals surface area contributed by atoms with Crippen LogP contribution in [0.2, 0.25) is 0 Å². The number of aryl methyl sites for hydroxylation is 1. The average Bonchev–Trinajstić information content (AvgIpc) is 3.14. The zero-order valence-corrected chi connectivity index (χ0v) is 17.1. The molecule has 4 heterocycles. The van der Waals surface area contributed by atoms with Crippen LogP contribution in [-0.2, 0) is 18.3 Å². The number of hydrogen-bond donors (Lipinski definition) is 1. The van der Waals surface area contributed by atoms with E-state index in [1.165, 1.54) is 0 Å². The maximum absolute atomic E-state index is 12.6. The Morgan fingerprint density at radius 2 is 2.18 bits per heavy atom. The summed E-state index contributed by atoms with van der Waals surface area (Å²) >= 11 is 1.66. The van der Waals surface area contributed by atoms with Gasteiger partial charge >= 0.3 is 0 Å². The third-order valence-corrected chi connectivity index (χ3v) is 6.27. The van der Waals surface area contributed by atoms with Crippen LogP contribution in [0.4, 0.5) is 0 Å². The van der Waals surface area contributed by atoms with Crippen molar-refractivity contribution in [1.29, 1.82) is 0 Å². The fourth-order valence-electron chi connectivity index (χ4n) is 3.54. The molecule has 3 aromatic rings. The van der Waals surface area contributed by atoms with Crippen molar-refractivity contribution >= 4 is 21.4 Å². The van der Waals surface area contributed by atoms with E-state index in [1.54, 1.807) is 29.1 Å². The first-order valence-corrected chi connectivity index (χ1v) is 10.4. The molecule has 0 amide bonds. The van der Waals surface area contributed by atoms with Gasteiger partial charge in [0, 0.05) is 60.4 Å². The van der Waals surface area contributed by atoms with Gasteiger partial charge in [0.15, 0.2) is 0 Å². The van der Waals surface area contributed by atoms with E-state index in [0.29, 0.717) is 18.4 Å². The van der Waals surface area contributed by atoms with Gasteiger partial charge < -0.3 is 19.4 Å².